The molecule has 1 N–H and O–H groups in total. The molecule has 1 aliphatic heterocycles. The van der Waals surface area contributed by atoms with Gasteiger partial charge in [-0.1, -0.05) is 0 Å². The molecular formula is C10H17N3OS. The highest BCUT2D eigenvalue weighted by Crippen LogP contribution is 2.29. The molecule has 0 spiro atoms. The molecule has 0 saturated carbocycles. The Labute approximate surface area is 94.1 Å². The van der Waals surface area contributed by atoms with Crippen LogP contribution >= 0.6 is 11.8 Å². The van der Waals surface area contributed by atoms with Gasteiger partial charge in [0, 0.05) is 18.2 Å². The molecule has 4 nitrogen and oxygen atoms in total. The first-order valence-corrected chi connectivity index (χ1v) is 6.52. The quantitative estimate of drug-likeness (QED) is 0.837. The van der Waals surface area contributed by atoms with E-state index in [0.29, 0.717) is 11.7 Å². The van der Waals surface area contributed by atoms with Gasteiger partial charge in [-0.2, -0.15) is 16.9 Å². The maximum atomic E-state index is 10.0. The molecule has 2 heterocycles. The number of hydrogen-bond acceptors (Lipinski definition) is 4. The van der Waals surface area contributed by atoms with E-state index in [0.717, 1.165) is 18.8 Å². The van der Waals surface area contributed by atoms with Crippen LogP contribution in [0, 0.1) is 0 Å². The number of hydrogen-bond donors (Lipinski definition) is 1. The minimum absolute atomic E-state index is 0.271. The van der Waals surface area contributed by atoms with Gasteiger partial charge < -0.3 is 5.11 Å². The first-order valence-electron chi connectivity index (χ1n) is 5.47. The average molecular weight is 227 g/mol. The van der Waals surface area contributed by atoms with Crippen LogP contribution in [-0.4, -0.2) is 37.0 Å². The van der Waals surface area contributed by atoms with Crippen molar-refractivity contribution in [3.05, 3.63) is 12.2 Å². The summed E-state index contributed by atoms with van der Waals surface area (Å²) in [5.41, 5.74) is 0. The highest BCUT2D eigenvalue weighted by atomic mass is 32.2. The van der Waals surface area contributed by atoms with Crippen molar-refractivity contribution in [2.45, 2.75) is 44.1 Å². The average Bonchev–Trinajstić information content (AvgIpc) is 2.87. The van der Waals surface area contributed by atoms with Crippen LogP contribution in [0.4, 0.5) is 0 Å². The molecule has 1 fully saturated rings. The van der Waals surface area contributed by atoms with Gasteiger partial charge >= 0.3 is 0 Å². The largest absolute Gasteiger partial charge is 0.392 e. The maximum absolute atomic E-state index is 10.0. The molecule has 2 rings (SSSR count). The minimum Gasteiger partial charge on any atom is -0.392 e. The summed E-state index contributed by atoms with van der Waals surface area (Å²) in [6.45, 7) is 2.86. The fraction of sp³-hybridized carbons (Fsp3) is 0.800. The summed E-state index contributed by atoms with van der Waals surface area (Å²) in [6.07, 6.45) is 4.28. The van der Waals surface area contributed by atoms with Gasteiger partial charge in [0.1, 0.15) is 12.2 Å². The lowest BCUT2D eigenvalue weighted by Gasteiger charge is -2.16. The fourth-order valence-corrected chi connectivity index (χ4v) is 3.22. The van der Waals surface area contributed by atoms with E-state index < -0.39 is 0 Å². The Hall–Kier alpha value is -0.550. The molecule has 2 unspecified atom stereocenters. The second-order valence-corrected chi connectivity index (χ2v) is 5.16. The van der Waals surface area contributed by atoms with Crippen LogP contribution in [-0.2, 0) is 13.0 Å². The smallest absolute Gasteiger partial charge is 0.138 e. The Morgan fingerprint density at radius 1 is 1.73 bits per heavy atom. The van der Waals surface area contributed by atoms with Crippen molar-refractivity contribution in [2.75, 3.05) is 5.75 Å². The molecule has 0 aromatic carbocycles. The molecule has 1 aromatic rings. The molecule has 0 amide bonds. The van der Waals surface area contributed by atoms with Crippen molar-refractivity contribution in [3.8, 4) is 0 Å². The van der Waals surface area contributed by atoms with E-state index in [2.05, 4.69) is 10.1 Å². The van der Waals surface area contributed by atoms with Crippen molar-refractivity contribution in [3.63, 3.8) is 0 Å². The van der Waals surface area contributed by atoms with E-state index in [1.54, 1.807) is 6.33 Å². The van der Waals surface area contributed by atoms with E-state index in [4.69, 9.17) is 0 Å². The summed E-state index contributed by atoms with van der Waals surface area (Å²) >= 11 is 1.88. The van der Waals surface area contributed by atoms with Crippen LogP contribution in [0.1, 0.15) is 25.6 Å². The summed E-state index contributed by atoms with van der Waals surface area (Å²) in [7, 11) is 0. The van der Waals surface area contributed by atoms with Gasteiger partial charge in [0.25, 0.3) is 0 Å². The molecule has 5 heteroatoms. The van der Waals surface area contributed by atoms with Gasteiger partial charge in [-0.3, -0.25) is 4.68 Å². The van der Waals surface area contributed by atoms with Crippen molar-refractivity contribution < 1.29 is 5.11 Å². The zero-order valence-corrected chi connectivity index (χ0v) is 9.78. The Morgan fingerprint density at radius 3 is 3.27 bits per heavy atom. The Kier molecular flexibility index (Phi) is 3.64. The lowest BCUT2D eigenvalue weighted by Crippen LogP contribution is -2.25. The third-order valence-corrected chi connectivity index (χ3v) is 4.28. The van der Waals surface area contributed by atoms with Crippen LogP contribution in [0.5, 0.6) is 0 Å². The van der Waals surface area contributed by atoms with Gasteiger partial charge in [-0.25, -0.2) is 4.98 Å². The highest BCUT2D eigenvalue weighted by molar-refractivity contribution is 8.00. The maximum Gasteiger partial charge on any atom is 0.138 e. The molecule has 0 bridgehead atoms. The summed E-state index contributed by atoms with van der Waals surface area (Å²) in [5, 5.41) is 14.5. The van der Waals surface area contributed by atoms with Gasteiger partial charge in [-0.15, -0.1) is 0 Å². The summed E-state index contributed by atoms with van der Waals surface area (Å²) in [4.78, 5) is 4.18. The lowest BCUT2D eigenvalue weighted by molar-refractivity contribution is 0.166. The fourth-order valence-electron chi connectivity index (χ4n) is 1.93. The zero-order valence-electron chi connectivity index (χ0n) is 8.96. The molecule has 84 valence electrons. The molecule has 2 atom stereocenters. The standard InChI is InChI=1S/C10H17N3OS/c1-2-13-10(11-7-12-13)6-8(14)9-4-3-5-15-9/h7-9,14H,2-6H2,1H3. The normalized spacial score (nSPS) is 23.2. The second kappa shape index (κ2) is 4.99. The highest BCUT2D eigenvalue weighted by Gasteiger charge is 2.25. The topological polar surface area (TPSA) is 50.9 Å². The SMILES string of the molecule is CCn1ncnc1CC(O)C1CCCS1. The second-order valence-electron chi connectivity index (χ2n) is 3.81. The van der Waals surface area contributed by atoms with E-state index >= 15 is 0 Å². The Balaban J connectivity index is 1.95. The third-order valence-electron chi connectivity index (χ3n) is 2.78. The van der Waals surface area contributed by atoms with Gasteiger partial charge in [0.2, 0.25) is 0 Å². The van der Waals surface area contributed by atoms with E-state index in [1.165, 1.54) is 12.2 Å². The van der Waals surface area contributed by atoms with Crippen LogP contribution in [0.3, 0.4) is 0 Å². The van der Waals surface area contributed by atoms with Crippen LogP contribution < -0.4 is 0 Å². The third kappa shape index (κ3) is 2.52. The van der Waals surface area contributed by atoms with Crippen molar-refractivity contribution in [1.82, 2.24) is 14.8 Å². The minimum atomic E-state index is -0.271. The van der Waals surface area contributed by atoms with Crippen LogP contribution in [0.25, 0.3) is 0 Å². The molecule has 1 saturated heterocycles. The first kappa shape index (κ1) is 11.0. The van der Waals surface area contributed by atoms with Crippen LogP contribution in [0.2, 0.25) is 0 Å². The number of aryl methyl sites for hydroxylation is 1. The summed E-state index contributed by atoms with van der Waals surface area (Å²) in [5.74, 6) is 2.08. The first-order chi connectivity index (χ1) is 7.31. The summed E-state index contributed by atoms with van der Waals surface area (Å²) < 4.78 is 1.85. The molecule has 15 heavy (non-hydrogen) atoms. The zero-order chi connectivity index (χ0) is 10.7. The predicted octanol–water partition coefficient (Wildman–Crippen LogP) is 1.10. The van der Waals surface area contributed by atoms with Gasteiger partial charge in [-0.05, 0) is 25.5 Å². The molecule has 0 radical (unpaired) electrons. The van der Waals surface area contributed by atoms with E-state index in [1.807, 2.05) is 23.4 Å². The van der Waals surface area contributed by atoms with Gasteiger partial charge in [0.15, 0.2) is 0 Å². The van der Waals surface area contributed by atoms with E-state index in [-0.39, 0.29) is 6.10 Å². The molecule has 1 aliphatic rings. The van der Waals surface area contributed by atoms with E-state index in [9.17, 15) is 5.11 Å². The number of thioether (sulfide) groups is 1. The molecular weight excluding hydrogens is 210 g/mol. The molecule has 0 aliphatic carbocycles. The van der Waals surface area contributed by atoms with Gasteiger partial charge in [0.05, 0.1) is 6.10 Å². The summed E-state index contributed by atoms with van der Waals surface area (Å²) in [6, 6.07) is 0. The van der Waals surface area contributed by atoms with Crippen molar-refractivity contribution in [2.24, 2.45) is 0 Å². The number of aromatic nitrogens is 3. The Bertz CT molecular complexity index is 309. The van der Waals surface area contributed by atoms with Crippen molar-refractivity contribution in [1.29, 1.82) is 0 Å². The Morgan fingerprint density at radius 2 is 2.60 bits per heavy atom. The predicted molar refractivity (Wildman–Crippen MR) is 60.9 cm³/mol. The number of nitrogens with zero attached hydrogens (tertiary/aromatic N) is 3. The van der Waals surface area contributed by atoms with Crippen molar-refractivity contribution >= 4 is 11.8 Å². The monoisotopic (exact) mass is 227 g/mol. The molecule has 1 aromatic heterocycles. The lowest BCUT2D eigenvalue weighted by atomic mass is 10.1. The van der Waals surface area contributed by atoms with Crippen LogP contribution in [0.15, 0.2) is 6.33 Å². The number of rotatable bonds is 4. The number of aliphatic hydroxyl groups is 1. The number of aliphatic hydroxyl groups excluding tert-OH is 1.